The normalized spacial score (nSPS) is 20.2. The highest BCUT2D eigenvalue weighted by molar-refractivity contribution is 5.76. The van der Waals surface area contributed by atoms with Crippen molar-refractivity contribution in [3.63, 3.8) is 0 Å². The molecule has 1 saturated heterocycles. The van der Waals surface area contributed by atoms with Crippen LogP contribution in [0.5, 0.6) is 0 Å². The van der Waals surface area contributed by atoms with E-state index in [9.17, 15) is 13.6 Å². The van der Waals surface area contributed by atoms with Crippen LogP contribution < -0.4 is 0 Å². The van der Waals surface area contributed by atoms with Gasteiger partial charge in [-0.05, 0) is 12.5 Å². The molecule has 1 fully saturated rings. The van der Waals surface area contributed by atoms with Gasteiger partial charge < -0.3 is 9.42 Å². The highest BCUT2D eigenvalue weighted by atomic mass is 19.3. The standard InChI is InChI=1S/C14H17F2N5O2/c1-3-11-18-13(23-19-11)10-4-14(15,16)8-21(10)12(22)7-20-6-9(2)5-17-20/h5-6,10H,3-4,7-8H2,1-2H3/t10-/m0/s1. The molecule has 9 heteroatoms. The van der Waals surface area contributed by atoms with E-state index in [0.717, 1.165) is 10.5 Å². The molecule has 2 aromatic rings. The molecule has 0 unspecified atom stereocenters. The summed E-state index contributed by atoms with van der Waals surface area (Å²) in [6.07, 6.45) is 3.31. The maximum atomic E-state index is 13.8. The van der Waals surface area contributed by atoms with Gasteiger partial charge in [-0.2, -0.15) is 10.1 Å². The first-order valence-corrected chi connectivity index (χ1v) is 7.37. The van der Waals surface area contributed by atoms with E-state index in [0.29, 0.717) is 12.2 Å². The van der Waals surface area contributed by atoms with Gasteiger partial charge in [-0.25, -0.2) is 8.78 Å². The van der Waals surface area contributed by atoms with Crippen molar-refractivity contribution in [1.29, 1.82) is 0 Å². The van der Waals surface area contributed by atoms with E-state index in [2.05, 4.69) is 15.2 Å². The maximum Gasteiger partial charge on any atom is 0.267 e. The second-order valence-corrected chi connectivity index (χ2v) is 5.72. The number of aromatic nitrogens is 4. The lowest BCUT2D eigenvalue weighted by atomic mass is 10.2. The third-order valence-electron chi connectivity index (χ3n) is 3.73. The number of amides is 1. The number of carbonyl (C=O) groups excluding carboxylic acids is 1. The average Bonchev–Trinajstić information content (AvgIpc) is 3.17. The summed E-state index contributed by atoms with van der Waals surface area (Å²) in [7, 11) is 0. The van der Waals surface area contributed by atoms with E-state index in [-0.39, 0.29) is 12.4 Å². The fourth-order valence-electron chi connectivity index (χ4n) is 2.63. The largest absolute Gasteiger partial charge is 0.337 e. The zero-order valence-electron chi connectivity index (χ0n) is 12.9. The molecule has 23 heavy (non-hydrogen) atoms. The second kappa shape index (κ2) is 5.71. The van der Waals surface area contributed by atoms with Gasteiger partial charge in [-0.1, -0.05) is 12.1 Å². The highest BCUT2D eigenvalue weighted by Gasteiger charge is 2.49. The Morgan fingerprint density at radius 1 is 1.52 bits per heavy atom. The summed E-state index contributed by atoms with van der Waals surface area (Å²) in [5.74, 6) is -2.93. The van der Waals surface area contributed by atoms with Crippen LogP contribution in [0, 0.1) is 6.92 Å². The van der Waals surface area contributed by atoms with Crippen molar-refractivity contribution in [2.45, 2.75) is 45.2 Å². The SMILES string of the molecule is CCc1noc([C@@H]2CC(F)(F)CN2C(=O)Cn2cc(C)cn2)n1. The highest BCUT2D eigenvalue weighted by Crippen LogP contribution is 2.40. The molecule has 1 amide bonds. The van der Waals surface area contributed by atoms with E-state index in [4.69, 9.17) is 4.52 Å². The molecule has 0 radical (unpaired) electrons. The Kier molecular flexibility index (Phi) is 3.87. The molecular weight excluding hydrogens is 308 g/mol. The van der Waals surface area contributed by atoms with Crippen LogP contribution >= 0.6 is 0 Å². The zero-order valence-corrected chi connectivity index (χ0v) is 12.9. The van der Waals surface area contributed by atoms with E-state index in [1.165, 1.54) is 4.68 Å². The Balaban J connectivity index is 1.81. The van der Waals surface area contributed by atoms with Crippen LogP contribution in [0.1, 0.15) is 36.7 Å². The summed E-state index contributed by atoms with van der Waals surface area (Å²) in [6, 6.07) is -0.901. The molecule has 1 atom stereocenters. The first kappa shape index (κ1) is 15.6. The fraction of sp³-hybridized carbons (Fsp3) is 0.571. The van der Waals surface area contributed by atoms with Gasteiger partial charge >= 0.3 is 0 Å². The van der Waals surface area contributed by atoms with Gasteiger partial charge in [0.05, 0.1) is 12.7 Å². The summed E-state index contributed by atoms with van der Waals surface area (Å²) in [5, 5.41) is 7.73. The predicted octanol–water partition coefficient (Wildman–Crippen LogP) is 1.75. The zero-order chi connectivity index (χ0) is 16.6. The average molecular weight is 325 g/mol. The topological polar surface area (TPSA) is 77.0 Å². The fourth-order valence-corrected chi connectivity index (χ4v) is 2.63. The van der Waals surface area contributed by atoms with Crippen molar-refractivity contribution >= 4 is 5.91 Å². The Bertz CT molecular complexity index is 712. The molecule has 3 heterocycles. The Morgan fingerprint density at radius 2 is 2.30 bits per heavy atom. The van der Waals surface area contributed by atoms with Gasteiger partial charge in [0.2, 0.25) is 11.8 Å². The molecule has 0 spiro atoms. The van der Waals surface area contributed by atoms with Gasteiger partial charge in [-0.15, -0.1) is 0 Å². The number of nitrogens with zero attached hydrogens (tertiary/aromatic N) is 5. The summed E-state index contributed by atoms with van der Waals surface area (Å²) >= 11 is 0. The van der Waals surface area contributed by atoms with E-state index in [1.807, 2.05) is 13.8 Å². The van der Waals surface area contributed by atoms with Crippen LogP contribution in [-0.2, 0) is 17.8 Å². The number of halogens is 2. The molecule has 0 N–H and O–H groups in total. The number of aryl methyl sites for hydroxylation is 2. The lowest BCUT2D eigenvalue weighted by molar-refractivity contribution is -0.134. The van der Waals surface area contributed by atoms with E-state index < -0.39 is 30.8 Å². The van der Waals surface area contributed by atoms with Gasteiger partial charge in [0.1, 0.15) is 12.6 Å². The number of hydrogen-bond acceptors (Lipinski definition) is 5. The van der Waals surface area contributed by atoms with Crippen LogP contribution in [0.2, 0.25) is 0 Å². The predicted molar refractivity (Wildman–Crippen MR) is 74.7 cm³/mol. The Hall–Kier alpha value is -2.32. The van der Waals surface area contributed by atoms with Gasteiger partial charge in [0.15, 0.2) is 5.82 Å². The summed E-state index contributed by atoms with van der Waals surface area (Å²) in [5.41, 5.74) is 0.894. The van der Waals surface area contributed by atoms with Crippen molar-refractivity contribution in [2.24, 2.45) is 0 Å². The molecular formula is C14H17F2N5O2. The van der Waals surface area contributed by atoms with Crippen molar-refractivity contribution < 1.29 is 18.1 Å². The molecule has 0 bridgehead atoms. The third-order valence-corrected chi connectivity index (χ3v) is 3.73. The minimum absolute atomic E-state index is 0.0593. The van der Waals surface area contributed by atoms with Crippen LogP contribution in [0.25, 0.3) is 0 Å². The first-order valence-electron chi connectivity index (χ1n) is 7.37. The third kappa shape index (κ3) is 3.22. The minimum Gasteiger partial charge on any atom is -0.337 e. The van der Waals surface area contributed by atoms with Crippen LogP contribution in [0.4, 0.5) is 8.78 Å². The molecule has 1 aliphatic heterocycles. The van der Waals surface area contributed by atoms with Crippen molar-refractivity contribution in [3.05, 3.63) is 29.7 Å². The molecule has 0 aliphatic carbocycles. The summed E-state index contributed by atoms with van der Waals surface area (Å²) < 4.78 is 34.1. The molecule has 2 aromatic heterocycles. The quantitative estimate of drug-likeness (QED) is 0.856. The first-order chi connectivity index (χ1) is 10.9. The number of rotatable bonds is 4. The summed E-state index contributed by atoms with van der Waals surface area (Å²) in [4.78, 5) is 17.6. The molecule has 3 rings (SSSR count). The van der Waals surface area contributed by atoms with Crippen LogP contribution in [0.3, 0.4) is 0 Å². The second-order valence-electron chi connectivity index (χ2n) is 5.72. The smallest absolute Gasteiger partial charge is 0.267 e. The maximum absolute atomic E-state index is 13.8. The van der Waals surface area contributed by atoms with E-state index >= 15 is 0 Å². The monoisotopic (exact) mass is 325 g/mol. The lowest BCUT2D eigenvalue weighted by Gasteiger charge is -2.21. The Morgan fingerprint density at radius 3 is 2.91 bits per heavy atom. The Labute approximate surface area is 131 Å². The number of carbonyl (C=O) groups is 1. The van der Waals surface area contributed by atoms with Gasteiger partial charge in [0, 0.05) is 19.0 Å². The lowest BCUT2D eigenvalue weighted by Crippen LogP contribution is -2.35. The number of alkyl halides is 2. The van der Waals surface area contributed by atoms with Crippen LogP contribution in [0.15, 0.2) is 16.9 Å². The molecule has 124 valence electrons. The van der Waals surface area contributed by atoms with Crippen molar-refractivity contribution in [3.8, 4) is 0 Å². The molecule has 1 aliphatic rings. The van der Waals surface area contributed by atoms with Crippen molar-refractivity contribution in [2.75, 3.05) is 6.54 Å². The molecule has 0 saturated carbocycles. The van der Waals surface area contributed by atoms with Crippen molar-refractivity contribution in [1.82, 2.24) is 24.8 Å². The van der Waals surface area contributed by atoms with Crippen LogP contribution in [-0.4, -0.2) is 43.2 Å². The number of likely N-dealkylation sites (tertiary alicyclic amines) is 1. The molecule has 0 aromatic carbocycles. The molecule has 7 nitrogen and oxygen atoms in total. The number of hydrogen-bond donors (Lipinski definition) is 0. The van der Waals surface area contributed by atoms with E-state index in [1.54, 1.807) is 12.4 Å². The minimum atomic E-state index is -2.97. The van der Waals surface area contributed by atoms with Gasteiger partial charge in [0.25, 0.3) is 5.92 Å². The summed E-state index contributed by atoms with van der Waals surface area (Å²) in [6.45, 7) is 2.92. The van der Waals surface area contributed by atoms with Gasteiger partial charge in [-0.3, -0.25) is 9.48 Å².